The van der Waals surface area contributed by atoms with Gasteiger partial charge >= 0.3 is 0 Å². The van der Waals surface area contributed by atoms with Gasteiger partial charge in [-0.2, -0.15) is 0 Å². The van der Waals surface area contributed by atoms with E-state index in [0.717, 1.165) is 113 Å². The Labute approximate surface area is 403 Å². The Hall–Kier alpha value is -7.53. The molecule has 0 aliphatic heterocycles. The summed E-state index contributed by atoms with van der Waals surface area (Å²) in [7, 11) is 0. The predicted octanol–water partition coefficient (Wildman–Crippen LogP) is 14.8. The van der Waals surface area contributed by atoms with Crippen molar-refractivity contribution in [1.82, 2.24) is 0 Å². The molecule has 6 heteroatoms. The monoisotopic (exact) mass is 956 g/mol. The van der Waals surface area contributed by atoms with Crippen LogP contribution >= 0.6 is 0 Å². The van der Waals surface area contributed by atoms with E-state index >= 15 is 0 Å². The SMILES string of the molecule is Oc1c(C=NC2CCCC[C@@H]2N=Cc2cc3ccccc3c(-c3c(-c4ccccc4)ccc4ccccc34)c2O)cc2ccccc2c1-c1c(-c2ccccc2)ccc2ccccc12.[C]=O.[Ru]. The summed E-state index contributed by atoms with van der Waals surface area (Å²) >= 11 is 0. The van der Waals surface area contributed by atoms with Crippen LogP contribution in [-0.2, 0) is 24.3 Å². The van der Waals surface area contributed by atoms with Crippen LogP contribution in [0.2, 0.25) is 0 Å². The quantitative estimate of drug-likeness (QED) is 0.118. The maximum absolute atomic E-state index is 12.5. The Morgan fingerprint density at radius 3 is 1.12 bits per heavy atom. The van der Waals surface area contributed by atoms with Gasteiger partial charge in [0.05, 0.1) is 12.1 Å². The third-order valence-corrected chi connectivity index (χ3v) is 13.1. The molecule has 0 aromatic heterocycles. The van der Waals surface area contributed by atoms with Crippen LogP contribution in [0.4, 0.5) is 0 Å². The van der Waals surface area contributed by atoms with Crippen LogP contribution in [0.5, 0.6) is 11.5 Å². The van der Waals surface area contributed by atoms with Crippen molar-refractivity contribution in [3.05, 3.63) is 205 Å². The van der Waals surface area contributed by atoms with E-state index < -0.39 is 0 Å². The summed E-state index contributed by atoms with van der Waals surface area (Å²) in [5.74, 6) is 0.424. The summed E-state index contributed by atoms with van der Waals surface area (Å²) in [5, 5.41) is 33.4. The summed E-state index contributed by atoms with van der Waals surface area (Å²) in [5.41, 5.74) is 9.27. The Kier molecular flexibility index (Phi) is 13.3. The normalized spacial score (nSPS) is 14.9. The Bertz CT molecular complexity index is 3230. The maximum atomic E-state index is 12.5. The standard InChI is InChI=1S/C60H46N2O2.CO.Ru/c63-59-45(35-43-23-9-13-27-49(43)57(59)55-47-25-11-7-21-41(47)31-33-51(55)39-17-3-1-4-18-39)37-61-53-29-15-16-30-54(53)62-38-46-36-44-24-10-14-28-50(44)58(60(46)64)56-48-26-12-8-22-42(48)32-34-52(56)40-19-5-2-6-20-40;1-2;/h1-14,17-28,31-38,53-54,63-64H,15-16,29-30H2;;/t53-,54?;;/m0../s1. The minimum Gasteiger partial charge on any atom is -0.507 e. The van der Waals surface area contributed by atoms with Gasteiger partial charge in [-0.1, -0.05) is 195 Å². The van der Waals surface area contributed by atoms with E-state index in [-0.39, 0.29) is 43.1 Å². The third kappa shape index (κ3) is 8.57. The van der Waals surface area contributed by atoms with Crippen molar-refractivity contribution in [2.75, 3.05) is 0 Å². The number of phenols is 2. The van der Waals surface area contributed by atoms with Crippen LogP contribution in [0.15, 0.2) is 204 Å². The fourth-order valence-corrected chi connectivity index (χ4v) is 10.0. The van der Waals surface area contributed by atoms with Crippen molar-refractivity contribution >= 4 is 62.3 Å². The number of hydrogen-bond acceptors (Lipinski definition) is 5. The van der Waals surface area contributed by atoms with E-state index in [2.05, 4.69) is 165 Å². The minimum absolute atomic E-state index is 0. The number of fused-ring (bicyclic) bond motifs is 4. The summed E-state index contributed by atoms with van der Waals surface area (Å²) in [6, 6.07) is 66.9. The maximum Gasteiger partial charge on any atom is 0.281 e. The first-order valence-electron chi connectivity index (χ1n) is 22.5. The molecule has 0 saturated heterocycles. The molecular formula is C61H46N2O3Ru. The zero-order valence-electron chi connectivity index (χ0n) is 36.7. The average molecular weight is 956 g/mol. The molecule has 67 heavy (non-hydrogen) atoms. The molecule has 326 valence electrons. The number of carbonyl (C=O) groups excluding carboxylic acids is 1. The topological polar surface area (TPSA) is 82.2 Å². The third-order valence-electron chi connectivity index (χ3n) is 13.1. The fourth-order valence-electron chi connectivity index (χ4n) is 10.0. The first kappa shape index (κ1) is 44.7. The molecular weight excluding hydrogens is 910 g/mol. The summed E-state index contributed by atoms with van der Waals surface area (Å²) in [4.78, 5) is 18.0. The first-order chi connectivity index (χ1) is 32.6. The number of aromatic hydroxyl groups is 2. The molecule has 0 spiro atoms. The van der Waals surface area contributed by atoms with Gasteiger partial charge in [0.25, 0.3) is 6.79 Å². The van der Waals surface area contributed by atoms with Gasteiger partial charge in [0.1, 0.15) is 11.5 Å². The molecule has 0 amide bonds. The van der Waals surface area contributed by atoms with E-state index in [9.17, 15) is 10.2 Å². The van der Waals surface area contributed by atoms with Gasteiger partial charge in [-0.05, 0) is 90.3 Å². The van der Waals surface area contributed by atoms with Gasteiger partial charge in [-0.3, -0.25) is 14.8 Å². The van der Waals surface area contributed by atoms with Gasteiger partial charge in [-0.15, -0.1) is 0 Å². The molecule has 1 aliphatic carbocycles. The molecule has 1 fully saturated rings. The number of benzene rings is 10. The molecule has 11 rings (SSSR count). The number of aliphatic imine (C=N–C) groups is 2. The van der Waals surface area contributed by atoms with E-state index in [1.165, 1.54) is 0 Å². The second-order valence-electron chi connectivity index (χ2n) is 16.9. The zero-order chi connectivity index (χ0) is 45.0. The van der Waals surface area contributed by atoms with Crippen LogP contribution in [0, 0.1) is 0 Å². The van der Waals surface area contributed by atoms with Crippen LogP contribution in [0.25, 0.3) is 87.6 Å². The van der Waals surface area contributed by atoms with Gasteiger partial charge in [-0.25, -0.2) is 0 Å². The van der Waals surface area contributed by atoms with Gasteiger partial charge in [0.2, 0.25) is 0 Å². The molecule has 10 aromatic carbocycles. The van der Waals surface area contributed by atoms with Crippen LogP contribution in [0.1, 0.15) is 36.8 Å². The van der Waals surface area contributed by atoms with Crippen molar-refractivity contribution in [3.8, 4) is 56.0 Å². The molecule has 2 radical (unpaired) electrons. The molecule has 2 N–H and O–H groups in total. The number of phenolic OH excluding ortho intramolecular Hbond substituents is 2. The van der Waals surface area contributed by atoms with Gasteiger partial charge < -0.3 is 10.2 Å². The smallest absolute Gasteiger partial charge is 0.281 e. The van der Waals surface area contributed by atoms with Crippen molar-refractivity contribution in [2.45, 2.75) is 37.8 Å². The van der Waals surface area contributed by atoms with Crippen molar-refractivity contribution in [3.63, 3.8) is 0 Å². The molecule has 10 aromatic rings. The second kappa shape index (κ2) is 19.9. The van der Waals surface area contributed by atoms with Crippen molar-refractivity contribution in [1.29, 1.82) is 0 Å². The molecule has 1 aliphatic rings. The summed E-state index contributed by atoms with van der Waals surface area (Å²) < 4.78 is 0. The van der Waals surface area contributed by atoms with Crippen LogP contribution < -0.4 is 0 Å². The first-order valence-corrected chi connectivity index (χ1v) is 22.5. The van der Waals surface area contributed by atoms with E-state index in [0.29, 0.717) is 11.1 Å². The summed E-state index contributed by atoms with van der Waals surface area (Å²) in [6.07, 6.45) is 7.60. The molecule has 0 bridgehead atoms. The van der Waals surface area contributed by atoms with Crippen LogP contribution in [-0.4, -0.2) is 41.5 Å². The zero-order valence-corrected chi connectivity index (χ0v) is 38.4. The van der Waals surface area contributed by atoms with E-state index in [1.807, 2.05) is 48.8 Å². The number of hydrogen-bond donors (Lipinski definition) is 2. The van der Waals surface area contributed by atoms with E-state index in [1.54, 1.807) is 0 Å². The number of nitrogens with zero attached hydrogens (tertiary/aromatic N) is 2. The summed E-state index contributed by atoms with van der Waals surface area (Å²) in [6.45, 7) is 4.50. The second-order valence-corrected chi connectivity index (χ2v) is 16.9. The Balaban J connectivity index is 0.00000185. The van der Waals surface area contributed by atoms with Crippen molar-refractivity contribution in [2.24, 2.45) is 9.98 Å². The molecule has 1 unspecified atom stereocenters. The molecule has 0 heterocycles. The molecule has 1 saturated carbocycles. The van der Waals surface area contributed by atoms with Gasteiger partial charge in [0, 0.05) is 65.3 Å². The van der Waals surface area contributed by atoms with E-state index in [4.69, 9.17) is 14.8 Å². The van der Waals surface area contributed by atoms with Crippen molar-refractivity contribution < 1.29 is 34.5 Å². The Morgan fingerprint density at radius 1 is 0.403 bits per heavy atom. The fraction of sp³-hybridized carbons (Fsp3) is 0.0984. The largest absolute Gasteiger partial charge is 0.507 e. The minimum atomic E-state index is -0.0958. The number of rotatable bonds is 8. The predicted molar refractivity (Wildman–Crippen MR) is 275 cm³/mol. The Morgan fingerprint density at radius 2 is 0.731 bits per heavy atom. The molecule has 2 atom stereocenters. The average Bonchev–Trinajstić information content (AvgIpc) is 3.38. The van der Waals surface area contributed by atoms with Gasteiger partial charge in [0.15, 0.2) is 0 Å². The van der Waals surface area contributed by atoms with Crippen LogP contribution in [0.3, 0.4) is 0 Å². The molecule has 5 nitrogen and oxygen atoms in total.